The minimum absolute atomic E-state index is 0.0609. The number of rotatable bonds is 7. The molecule has 0 fully saturated rings. The van der Waals surface area contributed by atoms with E-state index in [2.05, 4.69) is 9.84 Å². The quantitative estimate of drug-likeness (QED) is 0.295. The van der Waals surface area contributed by atoms with E-state index < -0.39 is 43.0 Å². The normalized spacial score (nSPS) is 11.1. The summed E-state index contributed by atoms with van der Waals surface area (Å²) in [6.07, 6.45) is 0. The number of hydrogen-bond donors (Lipinski definition) is 0. The molecule has 0 radical (unpaired) electrons. The topological polar surface area (TPSA) is 148 Å². The highest BCUT2D eigenvalue weighted by Gasteiger charge is 2.37. The monoisotopic (exact) mass is 459 g/mol. The zero-order valence-corrected chi connectivity index (χ0v) is 17.7. The summed E-state index contributed by atoms with van der Waals surface area (Å²) in [7, 11) is -3.35. The Morgan fingerprint density at radius 2 is 1.69 bits per heavy atom. The van der Waals surface area contributed by atoms with Gasteiger partial charge in [-0.2, -0.15) is 5.10 Å². The van der Waals surface area contributed by atoms with Crippen LogP contribution >= 0.6 is 0 Å². The second-order valence-corrected chi connectivity index (χ2v) is 8.11. The zero-order chi connectivity index (χ0) is 23.5. The van der Waals surface area contributed by atoms with Gasteiger partial charge in [-0.3, -0.25) is 10.1 Å². The molecule has 32 heavy (non-hydrogen) atoms. The van der Waals surface area contributed by atoms with Gasteiger partial charge in [0.25, 0.3) is 5.69 Å². The highest BCUT2D eigenvalue weighted by molar-refractivity contribution is 7.91. The lowest BCUT2D eigenvalue weighted by Gasteiger charge is -2.10. The first-order chi connectivity index (χ1) is 15.2. The van der Waals surface area contributed by atoms with Crippen molar-refractivity contribution >= 4 is 27.5 Å². The fourth-order valence-corrected chi connectivity index (χ4v) is 4.44. The van der Waals surface area contributed by atoms with E-state index in [-0.39, 0.29) is 22.9 Å². The number of nitro groups is 1. The lowest BCUT2D eigenvalue weighted by atomic mass is 10.2. The summed E-state index contributed by atoms with van der Waals surface area (Å²) in [6.45, 7) is 1.43. The molecule has 0 aliphatic carbocycles. The van der Waals surface area contributed by atoms with Crippen molar-refractivity contribution in [2.24, 2.45) is 0 Å². The predicted molar refractivity (Wildman–Crippen MR) is 109 cm³/mol. The number of nitro benzene ring substituents is 1. The van der Waals surface area contributed by atoms with Crippen molar-refractivity contribution in [3.05, 3.63) is 76.0 Å². The van der Waals surface area contributed by atoms with Gasteiger partial charge < -0.3 is 9.47 Å². The molecule has 0 spiro atoms. The lowest BCUT2D eigenvalue weighted by Crippen LogP contribution is -2.17. The van der Waals surface area contributed by atoms with Gasteiger partial charge in [-0.25, -0.2) is 22.7 Å². The van der Waals surface area contributed by atoms with Crippen molar-refractivity contribution in [1.82, 2.24) is 9.78 Å². The third kappa shape index (κ3) is 4.07. The molecule has 166 valence electrons. The van der Waals surface area contributed by atoms with E-state index >= 15 is 0 Å². The van der Waals surface area contributed by atoms with E-state index in [0.29, 0.717) is 0 Å². The molecule has 0 bridgehead atoms. The number of ether oxygens (including phenoxy) is 2. The first-order valence-corrected chi connectivity index (χ1v) is 10.6. The van der Waals surface area contributed by atoms with Crippen LogP contribution in [0.1, 0.15) is 27.8 Å². The number of methoxy groups -OCH3 is 1. The maximum atomic E-state index is 13.5. The predicted octanol–water partition coefficient (Wildman–Crippen LogP) is 2.58. The third-order valence-electron chi connectivity index (χ3n) is 4.31. The van der Waals surface area contributed by atoms with E-state index in [1.807, 2.05) is 0 Å². The minimum Gasteiger partial charge on any atom is -0.464 e. The Morgan fingerprint density at radius 3 is 2.22 bits per heavy atom. The van der Waals surface area contributed by atoms with Crippen molar-refractivity contribution in [1.29, 1.82) is 0 Å². The van der Waals surface area contributed by atoms with Crippen molar-refractivity contribution in [2.45, 2.75) is 16.8 Å². The first kappa shape index (κ1) is 22.6. The van der Waals surface area contributed by atoms with Gasteiger partial charge in [0.2, 0.25) is 9.84 Å². The molecular weight excluding hydrogens is 442 g/mol. The number of aromatic nitrogens is 2. The number of esters is 2. The van der Waals surface area contributed by atoms with Gasteiger partial charge in [0.15, 0.2) is 10.7 Å². The van der Waals surface area contributed by atoms with Crippen molar-refractivity contribution < 1.29 is 32.4 Å². The second kappa shape index (κ2) is 8.98. The van der Waals surface area contributed by atoms with Crippen LogP contribution in [0.5, 0.6) is 0 Å². The van der Waals surface area contributed by atoms with E-state index in [0.717, 1.165) is 23.9 Å². The maximum absolute atomic E-state index is 13.5. The smallest absolute Gasteiger partial charge is 0.359 e. The summed E-state index contributed by atoms with van der Waals surface area (Å²) in [4.78, 5) is 35.3. The van der Waals surface area contributed by atoms with E-state index in [1.165, 1.54) is 43.3 Å². The Hall–Kier alpha value is -4.06. The molecule has 0 unspecified atom stereocenters. The van der Waals surface area contributed by atoms with Gasteiger partial charge in [0, 0.05) is 12.1 Å². The van der Waals surface area contributed by atoms with Crippen LogP contribution in [0.2, 0.25) is 0 Å². The van der Waals surface area contributed by atoms with Gasteiger partial charge >= 0.3 is 11.9 Å². The molecule has 0 N–H and O–H groups in total. The molecule has 1 heterocycles. The zero-order valence-electron chi connectivity index (χ0n) is 16.9. The van der Waals surface area contributed by atoms with Crippen molar-refractivity contribution in [3.8, 4) is 5.69 Å². The number of sulfone groups is 1. The molecule has 0 atom stereocenters. The number of benzene rings is 2. The van der Waals surface area contributed by atoms with Crippen LogP contribution in [0.4, 0.5) is 5.69 Å². The molecule has 0 amide bonds. The Bertz CT molecular complexity index is 1280. The maximum Gasteiger partial charge on any atom is 0.359 e. The summed E-state index contributed by atoms with van der Waals surface area (Å²) < 4.78 is 37.6. The molecule has 3 rings (SSSR count). The van der Waals surface area contributed by atoms with Crippen LogP contribution in [0.3, 0.4) is 0 Å². The van der Waals surface area contributed by atoms with Crippen molar-refractivity contribution in [3.63, 3.8) is 0 Å². The SMILES string of the molecule is CCOC(=O)c1c(C(=O)OC)nn(-c2ccc([N+](=O)[O-])cc2)c1S(=O)(=O)c1ccccc1. The molecule has 12 heteroatoms. The Morgan fingerprint density at radius 1 is 1.06 bits per heavy atom. The summed E-state index contributed by atoms with van der Waals surface area (Å²) in [5.41, 5.74) is -1.35. The molecular formula is C20H17N3O8S. The molecule has 0 aliphatic heterocycles. The van der Waals surface area contributed by atoms with Crippen molar-refractivity contribution in [2.75, 3.05) is 13.7 Å². The molecule has 2 aromatic carbocycles. The van der Waals surface area contributed by atoms with E-state index in [4.69, 9.17) is 4.74 Å². The molecule has 0 aliphatic rings. The average Bonchev–Trinajstić information content (AvgIpc) is 3.21. The summed E-state index contributed by atoms with van der Waals surface area (Å²) >= 11 is 0. The summed E-state index contributed by atoms with van der Waals surface area (Å²) in [5, 5.41) is 14.4. The van der Waals surface area contributed by atoms with E-state index in [9.17, 15) is 28.1 Å². The summed E-state index contributed by atoms with van der Waals surface area (Å²) in [5.74, 6) is -2.14. The number of non-ortho nitro benzene ring substituents is 1. The number of carbonyl (C=O) groups excluding carboxylic acids is 2. The standard InChI is InChI=1S/C20H17N3O8S/c1-3-31-19(24)16-17(20(25)30-2)21-22(13-9-11-14(12-10-13)23(26)27)18(16)32(28,29)15-7-5-4-6-8-15/h4-12H,3H2,1-2H3. The van der Waals surface area contributed by atoms with Crippen LogP contribution in [0, 0.1) is 10.1 Å². The third-order valence-corrected chi connectivity index (χ3v) is 6.09. The van der Waals surface area contributed by atoms with Crippen LogP contribution in [0.15, 0.2) is 64.5 Å². The van der Waals surface area contributed by atoms with Gasteiger partial charge in [-0.1, -0.05) is 18.2 Å². The largest absolute Gasteiger partial charge is 0.464 e. The fourth-order valence-electron chi connectivity index (χ4n) is 2.88. The fraction of sp³-hybridized carbons (Fsp3) is 0.150. The highest BCUT2D eigenvalue weighted by atomic mass is 32.2. The van der Waals surface area contributed by atoms with Crippen LogP contribution in [0.25, 0.3) is 5.69 Å². The molecule has 0 saturated carbocycles. The second-order valence-electron chi connectivity index (χ2n) is 6.24. The first-order valence-electron chi connectivity index (χ1n) is 9.15. The molecule has 11 nitrogen and oxygen atoms in total. The van der Waals surface area contributed by atoms with Gasteiger partial charge in [0.05, 0.1) is 29.2 Å². The summed E-state index contributed by atoms with van der Waals surface area (Å²) in [6, 6.07) is 12.0. The van der Waals surface area contributed by atoms with E-state index in [1.54, 1.807) is 6.07 Å². The van der Waals surface area contributed by atoms with Gasteiger partial charge in [0.1, 0.15) is 5.56 Å². The number of nitrogens with zero attached hydrogens (tertiary/aromatic N) is 3. The van der Waals surface area contributed by atoms with Crippen LogP contribution in [-0.2, 0) is 19.3 Å². The Balaban J connectivity index is 2.39. The van der Waals surface area contributed by atoms with Crippen LogP contribution in [-0.4, -0.2) is 48.8 Å². The Labute approximate surface area is 182 Å². The van der Waals surface area contributed by atoms with Gasteiger partial charge in [-0.05, 0) is 31.2 Å². The van der Waals surface area contributed by atoms with Crippen LogP contribution < -0.4 is 0 Å². The average molecular weight is 459 g/mol. The lowest BCUT2D eigenvalue weighted by molar-refractivity contribution is -0.384. The highest BCUT2D eigenvalue weighted by Crippen LogP contribution is 2.30. The molecule has 0 saturated heterocycles. The number of carbonyl (C=O) groups is 2. The minimum atomic E-state index is -4.40. The Kier molecular flexibility index (Phi) is 6.35. The molecule has 1 aromatic heterocycles. The number of hydrogen-bond acceptors (Lipinski definition) is 9. The van der Waals surface area contributed by atoms with Gasteiger partial charge in [-0.15, -0.1) is 0 Å². The molecule has 3 aromatic rings.